The number of carbonyl (C=O) groups is 1. The van der Waals surface area contributed by atoms with Crippen LogP contribution < -0.4 is 10.6 Å². The third-order valence-electron chi connectivity index (χ3n) is 3.64. The van der Waals surface area contributed by atoms with Gasteiger partial charge >= 0.3 is 5.97 Å². The number of anilines is 2. The van der Waals surface area contributed by atoms with Crippen LogP contribution in [0.2, 0.25) is 0 Å². The van der Waals surface area contributed by atoms with Crippen LogP contribution >= 0.6 is 0 Å². The molecule has 0 spiro atoms. The van der Waals surface area contributed by atoms with E-state index < -0.39 is 0 Å². The van der Waals surface area contributed by atoms with E-state index in [2.05, 4.69) is 4.90 Å². The fourth-order valence-electron chi connectivity index (χ4n) is 2.46. The molecule has 0 bridgehead atoms. The second-order valence-corrected chi connectivity index (χ2v) is 4.88. The highest BCUT2D eigenvalue weighted by Gasteiger charge is 2.22. The lowest BCUT2D eigenvalue weighted by Crippen LogP contribution is -2.35. The van der Waals surface area contributed by atoms with Crippen LogP contribution in [0, 0.1) is 5.92 Å². The Hall–Kier alpha value is -1.75. The van der Waals surface area contributed by atoms with Crippen molar-refractivity contribution in [2.45, 2.75) is 12.8 Å². The molecule has 0 radical (unpaired) electrons. The zero-order valence-electron chi connectivity index (χ0n) is 11.1. The molecule has 0 saturated carbocycles. The lowest BCUT2D eigenvalue weighted by atomic mass is 9.97. The third kappa shape index (κ3) is 2.98. The summed E-state index contributed by atoms with van der Waals surface area (Å²) in [6, 6.07) is 5.31. The summed E-state index contributed by atoms with van der Waals surface area (Å²) in [5.41, 5.74) is 7.65. The Morgan fingerprint density at radius 3 is 2.74 bits per heavy atom. The summed E-state index contributed by atoms with van der Waals surface area (Å²) >= 11 is 0. The fraction of sp³-hybridized carbons (Fsp3) is 0.500. The predicted octanol–water partition coefficient (Wildman–Crippen LogP) is 1.26. The molecule has 5 nitrogen and oxygen atoms in total. The van der Waals surface area contributed by atoms with Crippen molar-refractivity contribution >= 4 is 17.3 Å². The Morgan fingerprint density at radius 2 is 2.16 bits per heavy atom. The smallest absolute Gasteiger partial charge is 0.340 e. The second-order valence-electron chi connectivity index (χ2n) is 4.88. The molecule has 0 amide bonds. The molecular formula is C14H20N2O3. The monoisotopic (exact) mass is 264 g/mol. The number of aliphatic hydroxyl groups excluding tert-OH is 1. The third-order valence-corrected chi connectivity index (χ3v) is 3.64. The molecule has 1 saturated heterocycles. The number of aliphatic hydroxyl groups is 1. The summed E-state index contributed by atoms with van der Waals surface area (Å²) in [5, 5.41) is 9.16. The Kier molecular flexibility index (Phi) is 4.27. The van der Waals surface area contributed by atoms with E-state index in [1.54, 1.807) is 12.1 Å². The maximum Gasteiger partial charge on any atom is 0.340 e. The number of esters is 1. The van der Waals surface area contributed by atoms with Gasteiger partial charge in [-0.3, -0.25) is 0 Å². The van der Waals surface area contributed by atoms with Crippen molar-refractivity contribution in [3.05, 3.63) is 23.8 Å². The topological polar surface area (TPSA) is 75.8 Å². The van der Waals surface area contributed by atoms with Gasteiger partial charge in [-0.15, -0.1) is 0 Å². The zero-order valence-corrected chi connectivity index (χ0v) is 11.1. The molecule has 104 valence electrons. The molecule has 0 unspecified atom stereocenters. The summed E-state index contributed by atoms with van der Waals surface area (Å²) in [6.45, 7) is 1.90. The van der Waals surface area contributed by atoms with Gasteiger partial charge in [-0.2, -0.15) is 0 Å². The summed E-state index contributed by atoms with van der Waals surface area (Å²) in [5.74, 6) is -0.00168. The van der Waals surface area contributed by atoms with Crippen LogP contribution in [-0.2, 0) is 4.74 Å². The number of nitrogens with two attached hydrogens (primary N) is 1. The van der Waals surface area contributed by atoms with Gasteiger partial charge in [0, 0.05) is 25.4 Å². The van der Waals surface area contributed by atoms with E-state index in [9.17, 15) is 4.79 Å². The average molecular weight is 264 g/mol. The molecule has 1 heterocycles. The first-order valence-electron chi connectivity index (χ1n) is 6.49. The molecule has 0 aromatic heterocycles. The first kappa shape index (κ1) is 13.7. The van der Waals surface area contributed by atoms with Gasteiger partial charge < -0.3 is 20.5 Å². The van der Waals surface area contributed by atoms with Crippen LogP contribution in [-0.4, -0.2) is 37.9 Å². The van der Waals surface area contributed by atoms with Gasteiger partial charge in [-0.25, -0.2) is 4.79 Å². The second kappa shape index (κ2) is 5.93. The Labute approximate surface area is 113 Å². The van der Waals surface area contributed by atoms with Gasteiger partial charge in [-0.1, -0.05) is 0 Å². The SMILES string of the molecule is COC(=O)c1cc(N)ccc1N1CCC(CO)CC1. The van der Waals surface area contributed by atoms with Gasteiger partial charge in [0.2, 0.25) is 0 Å². The number of hydrogen-bond donors (Lipinski definition) is 2. The highest BCUT2D eigenvalue weighted by atomic mass is 16.5. The van der Waals surface area contributed by atoms with Gasteiger partial charge in [0.15, 0.2) is 0 Å². The van der Waals surface area contributed by atoms with E-state index in [-0.39, 0.29) is 12.6 Å². The molecule has 0 atom stereocenters. The van der Waals surface area contributed by atoms with Gasteiger partial charge in [-0.05, 0) is 37.0 Å². The van der Waals surface area contributed by atoms with Crippen molar-refractivity contribution in [1.82, 2.24) is 0 Å². The van der Waals surface area contributed by atoms with Crippen LogP contribution in [0.25, 0.3) is 0 Å². The number of benzene rings is 1. The lowest BCUT2D eigenvalue weighted by Gasteiger charge is -2.33. The van der Waals surface area contributed by atoms with Crippen molar-refractivity contribution in [2.24, 2.45) is 5.92 Å². The number of rotatable bonds is 3. The van der Waals surface area contributed by atoms with Crippen LogP contribution in [0.15, 0.2) is 18.2 Å². The number of nitrogen functional groups attached to an aromatic ring is 1. The molecule has 1 aliphatic rings. The quantitative estimate of drug-likeness (QED) is 0.635. The van der Waals surface area contributed by atoms with E-state index in [0.717, 1.165) is 31.6 Å². The molecule has 1 aromatic rings. The first-order valence-corrected chi connectivity index (χ1v) is 6.49. The number of nitrogens with zero attached hydrogens (tertiary/aromatic N) is 1. The molecule has 1 fully saturated rings. The van der Waals surface area contributed by atoms with E-state index in [1.165, 1.54) is 7.11 Å². The highest BCUT2D eigenvalue weighted by Crippen LogP contribution is 2.28. The Bertz CT molecular complexity index is 454. The summed E-state index contributed by atoms with van der Waals surface area (Å²) in [4.78, 5) is 14.0. The maximum absolute atomic E-state index is 11.8. The van der Waals surface area contributed by atoms with Gasteiger partial charge in [0.05, 0.1) is 18.4 Å². The van der Waals surface area contributed by atoms with Crippen molar-refractivity contribution in [1.29, 1.82) is 0 Å². The highest BCUT2D eigenvalue weighted by molar-refractivity contribution is 5.97. The van der Waals surface area contributed by atoms with E-state index in [4.69, 9.17) is 15.6 Å². The molecule has 1 aromatic carbocycles. The van der Waals surface area contributed by atoms with Gasteiger partial charge in [0.1, 0.15) is 0 Å². The van der Waals surface area contributed by atoms with Gasteiger partial charge in [0.25, 0.3) is 0 Å². The molecular weight excluding hydrogens is 244 g/mol. The minimum atomic E-state index is -0.369. The number of methoxy groups -OCH3 is 1. The number of carbonyl (C=O) groups excluding carboxylic acids is 1. The Balaban J connectivity index is 2.22. The summed E-state index contributed by atoms with van der Waals surface area (Å²) < 4.78 is 4.80. The average Bonchev–Trinajstić information content (AvgIpc) is 2.46. The minimum Gasteiger partial charge on any atom is -0.465 e. The van der Waals surface area contributed by atoms with Crippen molar-refractivity contribution in [2.75, 3.05) is 37.4 Å². The maximum atomic E-state index is 11.8. The Morgan fingerprint density at radius 1 is 1.47 bits per heavy atom. The van der Waals surface area contributed by atoms with Crippen LogP contribution in [0.1, 0.15) is 23.2 Å². The lowest BCUT2D eigenvalue weighted by molar-refractivity contribution is 0.0601. The van der Waals surface area contributed by atoms with E-state index >= 15 is 0 Å². The molecule has 3 N–H and O–H groups in total. The molecule has 1 aliphatic heterocycles. The molecule has 5 heteroatoms. The standard InChI is InChI=1S/C14H20N2O3/c1-19-14(18)12-8-11(15)2-3-13(12)16-6-4-10(9-17)5-7-16/h2-3,8,10,17H,4-7,9,15H2,1H3. The van der Waals surface area contributed by atoms with Crippen molar-refractivity contribution in [3.8, 4) is 0 Å². The summed E-state index contributed by atoms with van der Waals surface area (Å²) in [6.07, 6.45) is 1.86. The first-order chi connectivity index (χ1) is 9.15. The number of ether oxygens (including phenoxy) is 1. The molecule has 0 aliphatic carbocycles. The zero-order chi connectivity index (χ0) is 13.8. The van der Waals surface area contributed by atoms with Crippen LogP contribution in [0.3, 0.4) is 0 Å². The number of hydrogen-bond acceptors (Lipinski definition) is 5. The largest absolute Gasteiger partial charge is 0.465 e. The van der Waals surface area contributed by atoms with E-state index in [1.807, 2.05) is 6.07 Å². The molecule has 19 heavy (non-hydrogen) atoms. The van der Waals surface area contributed by atoms with Crippen LogP contribution in [0.5, 0.6) is 0 Å². The summed E-state index contributed by atoms with van der Waals surface area (Å²) in [7, 11) is 1.37. The van der Waals surface area contributed by atoms with E-state index in [0.29, 0.717) is 17.2 Å². The van der Waals surface area contributed by atoms with Crippen molar-refractivity contribution in [3.63, 3.8) is 0 Å². The predicted molar refractivity (Wildman–Crippen MR) is 74.2 cm³/mol. The fourth-order valence-corrected chi connectivity index (χ4v) is 2.46. The minimum absolute atomic E-state index is 0.236. The van der Waals surface area contributed by atoms with Crippen molar-refractivity contribution < 1.29 is 14.6 Å². The normalized spacial score (nSPS) is 16.4. The molecule has 2 rings (SSSR count). The van der Waals surface area contributed by atoms with Crippen LogP contribution in [0.4, 0.5) is 11.4 Å². The number of piperidine rings is 1.